The monoisotopic (exact) mass is 310 g/mol. The van der Waals surface area contributed by atoms with Crippen molar-refractivity contribution in [3.05, 3.63) is 23.9 Å². The lowest BCUT2D eigenvalue weighted by Crippen LogP contribution is -2.24. The Morgan fingerprint density at radius 1 is 1.48 bits per heavy atom. The molecule has 5 heteroatoms. The van der Waals surface area contributed by atoms with Crippen LogP contribution < -0.4 is 5.32 Å². The Bertz CT molecular complexity index is 411. The number of nitrogens with one attached hydrogen (secondary N) is 1. The van der Waals surface area contributed by atoms with E-state index in [9.17, 15) is 0 Å². The minimum atomic E-state index is 0.239. The maximum absolute atomic E-state index is 8.82. The highest BCUT2D eigenvalue weighted by atomic mass is 32.2. The third-order valence-electron chi connectivity index (χ3n) is 3.75. The maximum atomic E-state index is 8.82. The third-order valence-corrected chi connectivity index (χ3v) is 4.76. The maximum Gasteiger partial charge on any atom is 0.126 e. The number of hydrogen-bond acceptors (Lipinski definition) is 5. The molecule has 118 valence electrons. The number of pyridine rings is 1. The Labute approximate surface area is 131 Å². The second-order valence-corrected chi connectivity index (χ2v) is 6.77. The van der Waals surface area contributed by atoms with Gasteiger partial charge in [0.25, 0.3) is 0 Å². The van der Waals surface area contributed by atoms with Crippen molar-refractivity contribution in [3.63, 3.8) is 0 Å². The van der Waals surface area contributed by atoms with Gasteiger partial charge in [-0.15, -0.1) is 0 Å². The van der Waals surface area contributed by atoms with Gasteiger partial charge in [0, 0.05) is 37.0 Å². The Hall–Kier alpha value is -0.780. The molecule has 1 saturated heterocycles. The van der Waals surface area contributed by atoms with E-state index in [0.717, 1.165) is 36.5 Å². The van der Waals surface area contributed by atoms with Crippen LogP contribution in [-0.2, 0) is 10.5 Å². The van der Waals surface area contributed by atoms with Crippen LogP contribution in [0.2, 0.25) is 0 Å². The van der Waals surface area contributed by atoms with Crippen molar-refractivity contribution in [3.8, 4) is 0 Å². The number of aliphatic hydroxyl groups is 1. The Morgan fingerprint density at radius 3 is 3.05 bits per heavy atom. The van der Waals surface area contributed by atoms with Crippen molar-refractivity contribution in [1.29, 1.82) is 0 Å². The highest BCUT2D eigenvalue weighted by Crippen LogP contribution is 2.22. The summed E-state index contributed by atoms with van der Waals surface area (Å²) in [4.78, 5) is 4.41. The predicted molar refractivity (Wildman–Crippen MR) is 88.7 cm³/mol. The van der Waals surface area contributed by atoms with Crippen LogP contribution in [0.4, 0.5) is 5.82 Å². The number of aromatic nitrogens is 1. The SMILES string of the molecule is CC(CC1CCOCC1)Nc1cc(CSCCO)ccn1. The zero-order valence-corrected chi connectivity index (χ0v) is 13.6. The largest absolute Gasteiger partial charge is 0.396 e. The van der Waals surface area contributed by atoms with Crippen LogP contribution in [0.5, 0.6) is 0 Å². The van der Waals surface area contributed by atoms with E-state index in [-0.39, 0.29) is 6.61 Å². The molecule has 4 nitrogen and oxygen atoms in total. The standard InChI is InChI=1S/C16H26N2O2S/c1-13(10-14-3-7-20-8-4-14)18-16-11-15(2-5-17-16)12-21-9-6-19/h2,5,11,13-14,19H,3-4,6-10,12H2,1H3,(H,17,18). The Kier molecular flexibility index (Phi) is 7.33. The molecule has 0 bridgehead atoms. The first-order valence-electron chi connectivity index (χ1n) is 7.75. The van der Waals surface area contributed by atoms with E-state index in [4.69, 9.17) is 9.84 Å². The minimum absolute atomic E-state index is 0.239. The van der Waals surface area contributed by atoms with E-state index >= 15 is 0 Å². The molecule has 1 atom stereocenters. The molecule has 0 saturated carbocycles. The summed E-state index contributed by atoms with van der Waals surface area (Å²) in [7, 11) is 0. The van der Waals surface area contributed by atoms with Gasteiger partial charge in [-0.2, -0.15) is 11.8 Å². The zero-order valence-electron chi connectivity index (χ0n) is 12.8. The topological polar surface area (TPSA) is 54.4 Å². The highest BCUT2D eigenvalue weighted by Gasteiger charge is 2.16. The lowest BCUT2D eigenvalue weighted by atomic mass is 9.93. The van der Waals surface area contributed by atoms with E-state index in [0.29, 0.717) is 6.04 Å². The molecular weight excluding hydrogens is 284 g/mol. The molecule has 1 aliphatic rings. The van der Waals surface area contributed by atoms with Crippen LogP contribution in [0.3, 0.4) is 0 Å². The molecule has 21 heavy (non-hydrogen) atoms. The molecule has 0 radical (unpaired) electrons. The number of aliphatic hydroxyl groups excluding tert-OH is 1. The molecule has 1 unspecified atom stereocenters. The minimum Gasteiger partial charge on any atom is -0.396 e. The third kappa shape index (κ3) is 6.24. The van der Waals surface area contributed by atoms with Crippen LogP contribution in [-0.4, -0.2) is 41.7 Å². The summed E-state index contributed by atoms with van der Waals surface area (Å²) in [6.07, 6.45) is 5.39. The number of thioether (sulfide) groups is 1. The number of rotatable bonds is 8. The summed E-state index contributed by atoms with van der Waals surface area (Å²) in [6.45, 7) is 4.29. The van der Waals surface area contributed by atoms with Crippen molar-refractivity contribution in [2.75, 3.05) is 30.9 Å². The van der Waals surface area contributed by atoms with E-state index in [1.165, 1.54) is 24.8 Å². The van der Waals surface area contributed by atoms with Gasteiger partial charge in [0.2, 0.25) is 0 Å². The van der Waals surface area contributed by atoms with Crippen LogP contribution in [0.1, 0.15) is 31.7 Å². The van der Waals surface area contributed by atoms with Crippen LogP contribution in [0, 0.1) is 5.92 Å². The fourth-order valence-electron chi connectivity index (χ4n) is 2.69. The van der Waals surface area contributed by atoms with Gasteiger partial charge in [-0.25, -0.2) is 4.98 Å². The van der Waals surface area contributed by atoms with Gasteiger partial charge < -0.3 is 15.2 Å². The molecule has 1 aromatic heterocycles. The molecule has 2 N–H and O–H groups in total. The average molecular weight is 310 g/mol. The van der Waals surface area contributed by atoms with E-state index < -0.39 is 0 Å². The Morgan fingerprint density at radius 2 is 2.29 bits per heavy atom. The van der Waals surface area contributed by atoms with Gasteiger partial charge in [0.05, 0.1) is 6.61 Å². The fourth-order valence-corrected chi connectivity index (χ4v) is 3.38. The molecular formula is C16H26N2O2S. The molecule has 1 fully saturated rings. The summed E-state index contributed by atoms with van der Waals surface area (Å²) in [5.41, 5.74) is 1.25. The fraction of sp³-hybridized carbons (Fsp3) is 0.688. The first-order valence-corrected chi connectivity index (χ1v) is 8.91. The van der Waals surface area contributed by atoms with Crippen LogP contribution in [0.15, 0.2) is 18.3 Å². The first kappa shape index (κ1) is 16.6. The second-order valence-electron chi connectivity index (χ2n) is 5.66. The van der Waals surface area contributed by atoms with Crippen molar-refractivity contribution in [2.45, 2.75) is 38.0 Å². The van der Waals surface area contributed by atoms with Crippen molar-refractivity contribution < 1.29 is 9.84 Å². The van der Waals surface area contributed by atoms with Gasteiger partial charge in [0.1, 0.15) is 5.82 Å². The number of anilines is 1. The summed E-state index contributed by atoms with van der Waals surface area (Å²) in [5.74, 6) is 3.43. The van der Waals surface area contributed by atoms with Crippen molar-refractivity contribution in [2.24, 2.45) is 5.92 Å². The van der Waals surface area contributed by atoms with Crippen LogP contribution >= 0.6 is 11.8 Å². The highest BCUT2D eigenvalue weighted by molar-refractivity contribution is 7.98. The van der Waals surface area contributed by atoms with E-state index in [1.54, 1.807) is 11.8 Å². The van der Waals surface area contributed by atoms with Gasteiger partial charge in [-0.05, 0) is 49.8 Å². The van der Waals surface area contributed by atoms with Crippen molar-refractivity contribution in [1.82, 2.24) is 4.98 Å². The average Bonchev–Trinajstić information content (AvgIpc) is 2.49. The predicted octanol–water partition coefficient (Wildman–Crippen LogP) is 2.92. The smallest absolute Gasteiger partial charge is 0.126 e. The summed E-state index contributed by atoms with van der Waals surface area (Å²) < 4.78 is 5.41. The molecule has 0 amide bonds. The Balaban J connectivity index is 1.79. The zero-order chi connectivity index (χ0) is 14.9. The molecule has 2 heterocycles. The van der Waals surface area contributed by atoms with Crippen LogP contribution in [0.25, 0.3) is 0 Å². The van der Waals surface area contributed by atoms with Gasteiger partial charge >= 0.3 is 0 Å². The molecule has 0 aliphatic carbocycles. The molecule has 1 aliphatic heterocycles. The lowest BCUT2D eigenvalue weighted by molar-refractivity contribution is 0.0629. The second kappa shape index (κ2) is 9.28. The molecule has 1 aromatic rings. The normalized spacial score (nSPS) is 17.6. The number of ether oxygens (including phenoxy) is 1. The molecule has 0 spiro atoms. The first-order chi connectivity index (χ1) is 10.3. The lowest BCUT2D eigenvalue weighted by Gasteiger charge is -2.25. The number of nitrogens with zero attached hydrogens (tertiary/aromatic N) is 1. The summed E-state index contributed by atoms with van der Waals surface area (Å²) in [5, 5.41) is 12.3. The van der Waals surface area contributed by atoms with Gasteiger partial charge in [-0.1, -0.05) is 0 Å². The van der Waals surface area contributed by atoms with Crippen molar-refractivity contribution >= 4 is 17.6 Å². The summed E-state index contributed by atoms with van der Waals surface area (Å²) in [6, 6.07) is 4.59. The molecule has 0 aromatic carbocycles. The van der Waals surface area contributed by atoms with Gasteiger partial charge in [-0.3, -0.25) is 0 Å². The van der Waals surface area contributed by atoms with E-state index in [2.05, 4.69) is 23.3 Å². The van der Waals surface area contributed by atoms with Gasteiger partial charge in [0.15, 0.2) is 0 Å². The summed E-state index contributed by atoms with van der Waals surface area (Å²) >= 11 is 1.74. The quantitative estimate of drug-likeness (QED) is 0.723. The van der Waals surface area contributed by atoms with E-state index in [1.807, 2.05) is 12.3 Å². The number of hydrogen-bond donors (Lipinski definition) is 2. The molecule has 2 rings (SSSR count).